The normalized spacial score (nSPS) is 12.5. The summed E-state index contributed by atoms with van der Waals surface area (Å²) >= 11 is 0. The lowest BCUT2D eigenvalue weighted by atomic mass is 10.1. The van der Waals surface area contributed by atoms with Crippen LogP contribution in [0.15, 0.2) is 18.2 Å². The van der Waals surface area contributed by atoms with E-state index in [9.17, 15) is 4.39 Å². The highest BCUT2D eigenvalue weighted by Crippen LogP contribution is 2.26. The van der Waals surface area contributed by atoms with Crippen LogP contribution in [0.25, 0.3) is 0 Å². The third kappa shape index (κ3) is 3.18. The Hall–Kier alpha value is -1.13. The van der Waals surface area contributed by atoms with E-state index in [0.717, 1.165) is 0 Å². The molecule has 0 unspecified atom stereocenters. The van der Waals surface area contributed by atoms with Crippen molar-refractivity contribution in [1.29, 1.82) is 0 Å². The Bertz CT molecular complexity index is 315. The van der Waals surface area contributed by atoms with E-state index in [-0.39, 0.29) is 11.9 Å². The van der Waals surface area contributed by atoms with E-state index in [1.165, 1.54) is 6.07 Å². The molecule has 0 aliphatic heterocycles. The van der Waals surface area contributed by atoms with E-state index in [1.807, 2.05) is 0 Å². The molecule has 1 aromatic carbocycles. The zero-order valence-corrected chi connectivity index (χ0v) is 9.00. The van der Waals surface area contributed by atoms with E-state index < -0.39 is 0 Å². The van der Waals surface area contributed by atoms with E-state index in [2.05, 4.69) is 0 Å². The molecule has 4 heteroatoms. The van der Waals surface area contributed by atoms with Crippen molar-refractivity contribution in [3.63, 3.8) is 0 Å². The van der Waals surface area contributed by atoms with Gasteiger partial charge in [0.1, 0.15) is 18.2 Å². The molecule has 0 saturated carbocycles. The van der Waals surface area contributed by atoms with Crippen molar-refractivity contribution < 1.29 is 13.9 Å². The number of hydrogen-bond acceptors (Lipinski definition) is 3. The fourth-order valence-corrected chi connectivity index (χ4v) is 1.32. The van der Waals surface area contributed by atoms with Gasteiger partial charge < -0.3 is 15.2 Å². The summed E-state index contributed by atoms with van der Waals surface area (Å²) < 4.78 is 23.6. The molecule has 1 rings (SSSR count). The summed E-state index contributed by atoms with van der Waals surface area (Å²) in [5, 5.41) is 0. The Morgan fingerprint density at radius 2 is 2.13 bits per heavy atom. The maximum absolute atomic E-state index is 13.4. The average Bonchev–Trinajstić information content (AvgIpc) is 2.17. The molecule has 3 nitrogen and oxygen atoms in total. The molecule has 0 amide bonds. The van der Waals surface area contributed by atoms with Gasteiger partial charge in [0, 0.05) is 18.7 Å². The van der Waals surface area contributed by atoms with Crippen molar-refractivity contribution in [2.75, 3.05) is 20.3 Å². The van der Waals surface area contributed by atoms with Crippen molar-refractivity contribution in [2.45, 2.75) is 13.0 Å². The molecule has 1 atom stereocenters. The molecular formula is C11H16FNO2. The average molecular weight is 213 g/mol. The van der Waals surface area contributed by atoms with Crippen molar-refractivity contribution >= 4 is 0 Å². The maximum Gasteiger partial charge on any atom is 0.131 e. The standard InChI is InChI=1S/C11H16FNO2/c1-8(13)11-9(12)4-3-5-10(11)15-7-6-14-2/h3-5,8H,6-7,13H2,1-2H3/t8-/m1/s1. The van der Waals surface area contributed by atoms with Crippen LogP contribution >= 0.6 is 0 Å². The maximum atomic E-state index is 13.4. The van der Waals surface area contributed by atoms with Gasteiger partial charge in [0.25, 0.3) is 0 Å². The summed E-state index contributed by atoms with van der Waals surface area (Å²) in [7, 11) is 1.58. The molecule has 0 aliphatic rings. The Balaban J connectivity index is 2.81. The lowest BCUT2D eigenvalue weighted by molar-refractivity contribution is 0.145. The Labute approximate surface area is 89.0 Å². The van der Waals surface area contributed by atoms with Crippen LogP contribution in [0.2, 0.25) is 0 Å². The first kappa shape index (κ1) is 11.9. The van der Waals surface area contributed by atoms with Crippen molar-refractivity contribution in [3.8, 4) is 5.75 Å². The fourth-order valence-electron chi connectivity index (χ4n) is 1.32. The Morgan fingerprint density at radius 1 is 1.40 bits per heavy atom. The van der Waals surface area contributed by atoms with Crippen LogP contribution in [0, 0.1) is 5.82 Å². The summed E-state index contributed by atoms with van der Waals surface area (Å²) in [6, 6.07) is 4.30. The number of nitrogens with two attached hydrogens (primary N) is 1. The van der Waals surface area contributed by atoms with E-state index in [0.29, 0.717) is 24.5 Å². The first-order valence-corrected chi connectivity index (χ1v) is 4.82. The second kappa shape index (κ2) is 5.68. The third-order valence-electron chi connectivity index (χ3n) is 2.01. The second-order valence-corrected chi connectivity index (χ2v) is 3.28. The lowest BCUT2D eigenvalue weighted by Crippen LogP contribution is -2.12. The number of hydrogen-bond donors (Lipinski definition) is 1. The summed E-state index contributed by atoms with van der Waals surface area (Å²) in [5.74, 6) is 0.155. The first-order valence-electron chi connectivity index (χ1n) is 4.82. The molecule has 0 fully saturated rings. The summed E-state index contributed by atoms with van der Waals surface area (Å²) in [6.45, 7) is 2.58. The minimum Gasteiger partial charge on any atom is -0.491 e. The third-order valence-corrected chi connectivity index (χ3v) is 2.01. The van der Waals surface area contributed by atoms with Gasteiger partial charge in [-0.2, -0.15) is 0 Å². The van der Waals surface area contributed by atoms with E-state index in [4.69, 9.17) is 15.2 Å². The largest absolute Gasteiger partial charge is 0.491 e. The molecule has 0 bridgehead atoms. The van der Waals surface area contributed by atoms with Gasteiger partial charge >= 0.3 is 0 Å². The van der Waals surface area contributed by atoms with Crippen molar-refractivity contribution in [3.05, 3.63) is 29.6 Å². The minimum atomic E-state index is -0.385. The number of benzene rings is 1. The highest BCUT2D eigenvalue weighted by Gasteiger charge is 2.13. The zero-order chi connectivity index (χ0) is 11.3. The minimum absolute atomic E-state index is 0.333. The van der Waals surface area contributed by atoms with Crippen LogP contribution in [0.4, 0.5) is 4.39 Å². The lowest BCUT2D eigenvalue weighted by Gasteiger charge is -2.14. The first-order chi connectivity index (χ1) is 7.16. The molecule has 0 saturated heterocycles. The molecule has 0 aliphatic carbocycles. The van der Waals surface area contributed by atoms with Crippen molar-refractivity contribution in [1.82, 2.24) is 0 Å². The molecule has 0 spiro atoms. The van der Waals surface area contributed by atoms with E-state index >= 15 is 0 Å². The highest BCUT2D eigenvalue weighted by atomic mass is 19.1. The van der Waals surface area contributed by atoms with Gasteiger partial charge in [-0.1, -0.05) is 6.07 Å². The smallest absolute Gasteiger partial charge is 0.131 e. The summed E-state index contributed by atoms with van der Waals surface area (Å²) in [5.41, 5.74) is 6.08. The van der Waals surface area contributed by atoms with Crippen LogP contribution in [0.1, 0.15) is 18.5 Å². The molecule has 0 radical (unpaired) electrons. The molecule has 0 aromatic heterocycles. The number of halogens is 1. The van der Waals surface area contributed by atoms with E-state index in [1.54, 1.807) is 26.2 Å². The van der Waals surface area contributed by atoms with Gasteiger partial charge in [0.05, 0.1) is 6.61 Å². The molecule has 0 heterocycles. The number of rotatable bonds is 5. The van der Waals surface area contributed by atoms with Crippen molar-refractivity contribution in [2.24, 2.45) is 5.73 Å². The van der Waals surface area contributed by atoms with Gasteiger partial charge in [-0.15, -0.1) is 0 Å². The number of methoxy groups -OCH3 is 1. The topological polar surface area (TPSA) is 44.5 Å². The van der Waals surface area contributed by atoms with Crippen LogP contribution in [0.3, 0.4) is 0 Å². The number of ether oxygens (including phenoxy) is 2. The van der Waals surface area contributed by atoms with Gasteiger partial charge in [0.15, 0.2) is 0 Å². The summed E-state index contributed by atoms with van der Waals surface area (Å²) in [4.78, 5) is 0. The predicted molar refractivity (Wildman–Crippen MR) is 56.4 cm³/mol. The highest BCUT2D eigenvalue weighted by molar-refractivity contribution is 5.36. The Morgan fingerprint density at radius 3 is 2.73 bits per heavy atom. The van der Waals surface area contributed by atoms with Gasteiger partial charge in [0.2, 0.25) is 0 Å². The predicted octanol–water partition coefficient (Wildman–Crippen LogP) is 1.87. The van der Waals surface area contributed by atoms with Gasteiger partial charge in [-0.25, -0.2) is 4.39 Å². The Kier molecular flexibility index (Phi) is 4.52. The fraction of sp³-hybridized carbons (Fsp3) is 0.455. The van der Waals surface area contributed by atoms with Crippen LogP contribution < -0.4 is 10.5 Å². The molecule has 84 valence electrons. The molecule has 2 N–H and O–H groups in total. The van der Waals surface area contributed by atoms with Gasteiger partial charge in [-0.05, 0) is 19.1 Å². The SMILES string of the molecule is COCCOc1cccc(F)c1[C@@H](C)N. The van der Waals surface area contributed by atoms with Gasteiger partial charge in [-0.3, -0.25) is 0 Å². The van der Waals surface area contributed by atoms with Crippen LogP contribution in [-0.4, -0.2) is 20.3 Å². The molecule has 1 aromatic rings. The monoisotopic (exact) mass is 213 g/mol. The quantitative estimate of drug-likeness (QED) is 0.759. The van der Waals surface area contributed by atoms with Crippen LogP contribution in [-0.2, 0) is 4.74 Å². The summed E-state index contributed by atoms with van der Waals surface area (Å²) in [6.07, 6.45) is 0. The zero-order valence-electron chi connectivity index (χ0n) is 9.00. The second-order valence-electron chi connectivity index (χ2n) is 3.28. The molecular weight excluding hydrogens is 197 g/mol. The van der Waals surface area contributed by atoms with Crippen LogP contribution in [0.5, 0.6) is 5.75 Å². The molecule has 15 heavy (non-hydrogen) atoms.